The minimum absolute atomic E-state index is 0.0691. The Balaban J connectivity index is 1.24. The van der Waals surface area contributed by atoms with E-state index in [4.69, 9.17) is 9.72 Å². The Morgan fingerprint density at radius 3 is 2.64 bits per heavy atom. The number of hydrogen-bond acceptors (Lipinski definition) is 6. The van der Waals surface area contributed by atoms with Gasteiger partial charge >= 0.3 is 5.97 Å². The van der Waals surface area contributed by atoms with Crippen molar-refractivity contribution >= 4 is 17.0 Å². The van der Waals surface area contributed by atoms with E-state index in [0.717, 1.165) is 92.6 Å². The highest BCUT2D eigenvalue weighted by atomic mass is 16.5. The number of aromatic amines is 1. The Kier molecular flexibility index (Phi) is 7.84. The second kappa shape index (κ2) is 11.6. The lowest BCUT2D eigenvalue weighted by molar-refractivity contribution is -0.151. The number of pyridine rings is 1. The van der Waals surface area contributed by atoms with Gasteiger partial charge in [0.15, 0.2) is 0 Å². The maximum Gasteiger partial charge on any atom is 0.323 e. The number of imidazole rings is 1. The van der Waals surface area contributed by atoms with Crippen molar-refractivity contribution in [2.45, 2.75) is 89.9 Å². The summed E-state index contributed by atoms with van der Waals surface area (Å²) in [5.74, 6) is 2.02. The number of aryl methyl sites for hydroxylation is 1. The first kappa shape index (κ1) is 26.3. The number of piperidine rings is 1. The smallest absolute Gasteiger partial charge is 0.323 e. The summed E-state index contributed by atoms with van der Waals surface area (Å²) in [6.45, 7) is 5.43. The molecule has 208 valence electrons. The molecule has 1 saturated heterocycles. The fourth-order valence-electron chi connectivity index (χ4n) is 6.18. The number of carbonyl (C=O) groups excluding carboxylic acids is 1. The lowest BCUT2D eigenvalue weighted by atomic mass is 9.98. The first-order valence-corrected chi connectivity index (χ1v) is 14.9. The Morgan fingerprint density at radius 2 is 1.90 bits per heavy atom. The van der Waals surface area contributed by atoms with Gasteiger partial charge in [-0.25, -0.2) is 4.98 Å². The summed E-state index contributed by atoms with van der Waals surface area (Å²) < 4.78 is 8.20. The molecule has 1 unspecified atom stereocenters. The monoisotopic (exact) mass is 531 g/mol. The van der Waals surface area contributed by atoms with Crippen LogP contribution in [0.3, 0.4) is 0 Å². The van der Waals surface area contributed by atoms with Gasteiger partial charge in [-0.2, -0.15) is 0 Å². The maximum atomic E-state index is 13.0. The number of hydrogen-bond donors (Lipinski definition) is 3. The number of rotatable bonds is 10. The zero-order chi connectivity index (χ0) is 26.8. The number of nitrogens with one attached hydrogen (secondary N) is 3. The molecule has 3 heterocycles. The van der Waals surface area contributed by atoms with Crippen LogP contribution in [0.4, 0.5) is 0 Å². The van der Waals surface area contributed by atoms with Crippen molar-refractivity contribution < 1.29 is 9.53 Å². The van der Waals surface area contributed by atoms with Crippen molar-refractivity contribution in [3.8, 4) is 11.4 Å². The molecule has 6 rings (SSSR count). The molecule has 0 spiro atoms. The zero-order valence-corrected chi connectivity index (χ0v) is 23.0. The summed E-state index contributed by atoms with van der Waals surface area (Å²) in [5.41, 5.74) is 4.69. The molecule has 8 heteroatoms. The molecule has 39 heavy (non-hydrogen) atoms. The van der Waals surface area contributed by atoms with E-state index in [-0.39, 0.29) is 23.7 Å². The molecule has 3 N–H and O–H groups in total. The number of carbonyl (C=O) groups is 1. The van der Waals surface area contributed by atoms with Gasteiger partial charge in [0, 0.05) is 30.4 Å². The lowest BCUT2D eigenvalue weighted by Crippen LogP contribution is -2.39. The SMILES string of the molecule is Cc1cc(-c2nc3cc(CNC(CC4CC4)C(=O)OC4CCCC4)ccc3n2CC2CCNCC2)c[nH]c1=O. The van der Waals surface area contributed by atoms with Gasteiger partial charge in [-0.3, -0.25) is 9.59 Å². The first-order valence-electron chi connectivity index (χ1n) is 14.9. The maximum absolute atomic E-state index is 13.0. The standard InChI is InChI=1S/C31H41N5O3/c1-20-14-24(18-34-30(20)37)29-35-26-16-23(8-9-28(26)36(29)19-22-10-12-32-13-11-22)17-33-27(15-21-6-7-21)31(38)39-25-4-2-3-5-25/h8-9,14,16,18,21-22,25,27,32-33H,2-7,10-13,15,17,19H2,1H3,(H,34,37). The van der Waals surface area contributed by atoms with Crippen molar-refractivity contribution in [2.75, 3.05) is 13.1 Å². The Bertz CT molecular complexity index is 1360. The molecular weight excluding hydrogens is 490 g/mol. The predicted octanol–water partition coefficient (Wildman–Crippen LogP) is 4.44. The van der Waals surface area contributed by atoms with Gasteiger partial charge in [-0.15, -0.1) is 0 Å². The Labute approximate surface area is 229 Å². The largest absolute Gasteiger partial charge is 0.461 e. The normalized spacial score (nSPS) is 19.5. The highest BCUT2D eigenvalue weighted by molar-refractivity contribution is 5.81. The molecule has 2 aromatic heterocycles. The molecule has 0 amide bonds. The molecule has 2 aliphatic carbocycles. The van der Waals surface area contributed by atoms with Crippen LogP contribution in [0.25, 0.3) is 22.4 Å². The summed E-state index contributed by atoms with van der Waals surface area (Å²) in [4.78, 5) is 33.0. The third-order valence-corrected chi connectivity index (χ3v) is 8.75. The van der Waals surface area contributed by atoms with Crippen LogP contribution in [0.5, 0.6) is 0 Å². The predicted molar refractivity (Wildman–Crippen MR) is 152 cm³/mol. The van der Waals surface area contributed by atoms with Gasteiger partial charge in [-0.05, 0) is 101 Å². The van der Waals surface area contributed by atoms with Crippen molar-refractivity contribution in [2.24, 2.45) is 11.8 Å². The zero-order valence-electron chi connectivity index (χ0n) is 23.0. The third kappa shape index (κ3) is 6.28. The van der Waals surface area contributed by atoms with Gasteiger partial charge in [0.05, 0.1) is 11.0 Å². The molecule has 3 aliphatic rings. The summed E-state index contributed by atoms with van der Waals surface area (Å²) in [7, 11) is 0. The molecule has 8 nitrogen and oxygen atoms in total. The van der Waals surface area contributed by atoms with E-state index in [1.807, 2.05) is 13.0 Å². The third-order valence-electron chi connectivity index (χ3n) is 8.75. The highest BCUT2D eigenvalue weighted by Crippen LogP contribution is 2.34. The molecule has 0 radical (unpaired) electrons. The molecule has 1 aromatic carbocycles. The number of H-pyrrole nitrogens is 1. The van der Waals surface area contributed by atoms with Gasteiger partial charge in [0.1, 0.15) is 18.0 Å². The summed E-state index contributed by atoms with van der Waals surface area (Å²) in [6, 6.07) is 8.12. The molecule has 0 bridgehead atoms. The second-order valence-electron chi connectivity index (χ2n) is 11.9. The second-order valence-corrected chi connectivity index (χ2v) is 11.9. The van der Waals surface area contributed by atoms with E-state index in [2.05, 4.69) is 38.4 Å². The quantitative estimate of drug-likeness (QED) is 0.334. The van der Waals surface area contributed by atoms with Gasteiger partial charge in [0.2, 0.25) is 0 Å². The van der Waals surface area contributed by atoms with Crippen molar-refractivity contribution in [3.63, 3.8) is 0 Å². The van der Waals surface area contributed by atoms with Crippen LogP contribution in [-0.2, 0) is 22.6 Å². The van der Waals surface area contributed by atoms with Gasteiger partial charge in [0.25, 0.3) is 5.56 Å². The fourth-order valence-corrected chi connectivity index (χ4v) is 6.18. The van der Waals surface area contributed by atoms with Crippen LogP contribution in [0.2, 0.25) is 0 Å². The minimum Gasteiger partial charge on any atom is -0.461 e. The van der Waals surface area contributed by atoms with Crippen LogP contribution in [0.1, 0.15) is 68.9 Å². The van der Waals surface area contributed by atoms with Crippen LogP contribution >= 0.6 is 0 Å². The van der Waals surface area contributed by atoms with Crippen LogP contribution in [0, 0.1) is 18.8 Å². The fraction of sp³-hybridized carbons (Fsp3) is 0.581. The number of esters is 1. The van der Waals surface area contributed by atoms with Crippen LogP contribution in [-0.4, -0.2) is 45.7 Å². The van der Waals surface area contributed by atoms with Crippen molar-refractivity contribution in [1.82, 2.24) is 25.2 Å². The van der Waals surface area contributed by atoms with E-state index in [9.17, 15) is 9.59 Å². The van der Waals surface area contributed by atoms with E-state index >= 15 is 0 Å². The molecule has 1 aliphatic heterocycles. The van der Waals surface area contributed by atoms with Crippen LogP contribution in [0.15, 0.2) is 35.3 Å². The number of aromatic nitrogens is 3. The van der Waals surface area contributed by atoms with Crippen molar-refractivity contribution in [1.29, 1.82) is 0 Å². The molecule has 3 aromatic rings. The summed E-state index contributed by atoms with van der Waals surface area (Å²) in [5, 5.41) is 6.98. The van der Waals surface area contributed by atoms with E-state index in [1.54, 1.807) is 6.20 Å². The minimum atomic E-state index is -0.258. The van der Waals surface area contributed by atoms with E-state index in [1.165, 1.54) is 12.8 Å². The van der Waals surface area contributed by atoms with Gasteiger partial charge < -0.3 is 24.9 Å². The van der Waals surface area contributed by atoms with E-state index < -0.39 is 0 Å². The summed E-state index contributed by atoms with van der Waals surface area (Å²) in [6.07, 6.45) is 11.7. The number of ether oxygens (including phenoxy) is 1. The topological polar surface area (TPSA) is 101 Å². The number of fused-ring (bicyclic) bond motifs is 1. The lowest BCUT2D eigenvalue weighted by Gasteiger charge is -2.24. The van der Waals surface area contributed by atoms with Gasteiger partial charge in [-0.1, -0.05) is 18.9 Å². The Hall–Kier alpha value is -2.97. The highest BCUT2D eigenvalue weighted by Gasteiger charge is 2.32. The first-order chi connectivity index (χ1) is 19.0. The number of benzene rings is 1. The number of nitrogens with zero attached hydrogens (tertiary/aromatic N) is 2. The van der Waals surface area contributed by atoms with E-state index in [0.29, 0.717) is 23.9 Å². The van der Waals surface area contributed by atoms with Crippen LogP contribution < -0.4 is 16.2 Å². The Morgan fingerprint density at radius 1 is 1.10 bits per heavy atom. The average Bonchev–Trinajstić information content (AvgIpc) is 3.49. The molecule has 1 atom stereocenters. The van der Waals surface area contributed by atoms with Crippen molar-refractivity contribution in [3.05, 3.63) is 51.9 Å². The molecular formula is C31H41N5O3. The summed E-state index contributed by atoms with van der Waals surface area (Å²) >= 11 is 0. The average molecular weight is 532 g/mol. The molecule has 3 fully saturated rings. The molecule has 2 saturated carbocycles.